The molecule has 4 aromatic rings. The topological polar surface area (TPSA) is 89.6 Å². The van der Waals surface area contributed by atoms with Crippen LogP contribution in [0.3, 0.4) is 0 Å². The van der Waals surface area contributed by atoms with E-state index in [0.29, 0.717) is 28.6 Å². The van der Waals surface area contributed by atoms with Crippen molar-refractivity contribution in [3.63, 3.8) is 0 Å². The first-order valence-corrected chi connectivity index (χ1v) is 9.29. The van der Waals surface area contributed by atoms with Crippen molar-refractivity contribution in [3.8, 4) is 5.75 Å². The molecule has 29 heavy (non-hydrogen) atoms. The van der Waals surface area contributed by atoms with Crippen LogP contribution in [0.4, 0.5) is 0 Å². The second kappa shape index (κ2) is 7.39. The van der Waals surface area contributed by atoms with E-state index in [4.69, 9.17) is 9.15 Å². The molecule has 1 N–H and O–H groups in total. The number of benzene rings is 2. The van der Waals surface area contributed by atoms with Crippen molar-refractivity contribution in [1.82, 2.24) is 4.98 Å². The normalized spacial score (nSPS) is 11.1. The Morgan fingerprint density at radius 2 is 1.93 bits per heavy atom. The molecule has 0 saturated carbocycles. The van der Waals surface area contributed by atoms with Gasteiger partial charge < -0.3 is 14.3 Å². The number of pyridine rings is 1. The van der Waals surface area contributed by atoms with E-state index in [-0.39, 0.29) is 17.9 Å². The number of aromatic hydroxyl groups is 1. The van der Waals surface area contributed by atoms with Gasteiger partial charge in [-0.15, -0.1) is 0 Å². The molecule has 0 fully saturated rings. The summed E-state index contributed by atoms with van der Waals surface area (Å²) in [6.07, 6.45) is 0.591. The Labute approximate surface area is 166 Å². The average Bonchev–Trinajstić information content (AvgIpc) is 2.71. The molecule has 0 saturated heterocycles. The summed E-state index contributed by atoms with van der Waals surface area (Å²) >= 11 is 0. The molecule has 6 nitrogen and oxygen atoms in total. The predicted molar refractivity (Wildman–Crippen MR) is 109 cm³/mol. The van der Waals surface area contributed by atoms with Crippen LogP contribution in [-0.2, 0) is 17.8 Å². The second-order valence-corrected chi connectivity index (χ2v) is 6.78. The second-order valence-electron chi connectivity index (χ2n) is 6.78. The number of hydrogen-bond donors (Lipinski definition) is 1. The Bertz CT molecular complexity index is 1310. The molecule has 2 aromatic carbocycles. The van der Waals surface area contributed by atoms with Crippen LogP contribution in [0.2, 0.25) is 0 Å². The number of ether oxygens (including phenoxy) is 1. The van der Waals surface area contributed by atoms with E-state index in [1.807, 2.05) is 38.1 Å². The minimum atomic E-state index is -0.577. The molecule has 4 rings (SSSR count). The molecule has 0 aliphatic heterocycles. The Kier molecular flexibility index (Phi) is 4.76. The van der Waals surface area contributed by atoms with Gasteiger partial charge in [0.25, 0.3) is 0 Å². The van der Waals surface area contributed by atoms with Gasteiger partial charge in [0.2, 0.25) is 0 Å². The zero-order valence-electron chi connectivity index (χ0n) is 16.1. The first kappa shape index (κ1) is 18.7. The standard InChI is InChI=1S/C23H19NO5/c1-3-18-22(13(2)16-6-4-5-7-19(16)24-18)23(27)28-12-14-10-21(26)29-20-11-15(25)8-9-17(14)20/h4-11,25H,3,12H2,1-2H3. The smallest absolute Gasteiger partial charge is 0.340 e. The lowest BCUT2D eigenvalue weighted by Crippen LogP contribution is -2.13. The van der Waals surface area contributed by atoms with Crippen molar-refractivity contribution in [3.05, 3.63) is 81.3 Å². The molecule has 0 bridgehead atoms. The molecular formula is C23H19NO5. The fourth-order valence-corrected chi connectivity index (χ4v) is 3.52. The van der Waals surface area contributed by atoms with Crippen LogP contribution in [-0.4, -0.2) is 16.1 Å². The number of carbonyl (C=O) groups excluding carboxylic acids is 1. The third-order valence-corrected chi connectivity index (χ3v) is 4.94. The van der Waals surface area contributed by atoms with Gasteiger partial charge in [-0.2, -0.15) is 0 Å². The summed E-state index contributed by atoms with van der Waals surface area (Å²) in [6.45, 7) is 3.73. The Morgan fingerprint density at radius 3 is 2.72 bits per heavy atom. The van der Waals surface area contributed by atoms with Crippen LogP contribution in [0.25, 0.3) is 21.9 Å². The van der Waals surface area contributed by atoms with Gasteiger partial charge >= 0.3 is 11.6 Å². The first-order valence-electron chi connectivity index (χ1n) is 9.29. The maximum atomic E-state index is 12.9. The van der Waals surface area contributed by atoms with E-state index in [2.05, 4.69) is 4.98 Å². The van der Waals surface area contributed by atoms with Crippen LogP contribution in [0.1, 0.15) is 34.1 Å². The Hall–Kier alpha value is -3.67. The van der Waals surface area contributed by atoms with Crippen LogP contribution < -0.4 is 5.63 Å². The number of phenolic OH excluding ortho intramolecular Hbond substituents is 1. The van der Waals surface area contributed by atoms with E-state index < -0.39 is 11.6 Å². The van der Waals surface area contributed by atoms with Crippen molar-refractivity contribution in [2.24, 2.45) is 0 Å². The van der Waals surface area contributed by atoms with Crippen LogP contribution in [0.5, 0.6) is 5.75 Å². The summed E-state index contributed by atoms with van der Waals surface area (Å²) in [4.78, 5) is 29.4. The average molecular weight is 389 g/mol. The van der Waals surface area contributed by atoms with Gasteiger partial charge in [-0.25, -0.2) is 9.59 Å². The molecule has 0 unspecified atom stereocenters. The predicted octanol–water partition coefficient (Wildman–Crippen LogP) is 4.27. The number of aromatic nitrogens is 1. The largest absolute Gasteiger partial charge is 0.508 e. The number of nitrogens with zero attached hydrogens (tertiary/aromatic N) is 1. The number of carbonyl (C=O) groups is 1. The van der Waals surface area contributed by atoms with Gasteiger partial charge in [-0.05, 0) is 37.1 Å². The van der Waals surface area contributed by atoms with Gasteiger partial charge in [0, 0.05) is 28.5 Å². The molecule has 0 radical (unpaired) electrons. The van der Waals surface area contributed by atoms with Crippen LogP contribution in [0.15, 0.2) is 57.7 Å². The van der Waals surface area contributed by atoms with Crippen molar-refractivity contribution >= 4 is 27.8 Å². The van der Waals surface area contributed by atoms with Crippen LogP contribution in [0, 0.1) is 6.92 Å². The number of phenols is 1. The molecule has 0 aliphatic carbocycles. The van der Waals surface area contributed by atoms with Gasteiger partial charge in [0.1, 0.15) is 17.9 Å². The number of esters is 1. The summed E-state index contributed by atoms with van der Waals surface area (Å²) < 4.78 is 10.7. The quantitative estimate of drug-likeness (QED) is 0.414. The van der Waals surface area contributed by atoms with Crippen LogP contribution >= 0.6 is 0 Å². The highest BCUT2D eigenvalue weighted by molar-refractivity contribution is 5.98. The SMILES string of the molecule is CCc1nc2ccccc2c(C)c1C(=O)OCc1cc(=O)oc2cc(O)ccc12. The fourth-order valence-electron chi connectivity index (χ4n) is 3.52. The lowest BCUT2D eigenvalue weighted by Gasteiger charge is -2.14. The number of hydrogen-bond acceptors (Lipinski definition) is 6. The number of aryl methyl sites for hydroxylation is 2. The van der Waals surface area contributed by atoms with E-state index in [1.165, 1.54) is 18.2 Å². The van der Waals surface area contributed by atoms with Gasteiger partial charge in [0.15, 0.2) is 0 Å². The minimum absolute atomic E-state index is 0.0137. The molecule has 0 amide bonds. The highest BCUT2D eigenvalue weighted by atomic mass is 16.5. The summed E-state index contributed by atoms with van der Waals surface area (Å²) in [5.74, 6) is -0.502. The first-order chi connectivity index (χ1) is 14.0. The summed E-state index contributed by atoms with van der Waals surface area (Å²) in [6, 6.07) is 13.4. The number of rotatable bonds is 4. The molecule has 0 atom stereocenters. The van der Waals surface area contributed by atoms with E-state index in [9.17, 15) is 14.7 Å². The summed E-state index contributed by atoms with van der Waals surface area (Å²) in [5.41, 5.74) is 2.96. The third kappa shape index (κ3) is 3.45. The molecule has 0 aliphatic rings. The van der Waals surface area contributed by atoms with E-state index in [0.717, 1.165) is 16.5 Å². The van der Waals surface area contributed by atoms with Gasteiger partial charge in [-0.1, -0.05) is 25.1 Å². The molecule has 146 valence electrons. The minimum Gasteiger partial charge on any atom is -0.508 e. The maximum Gasteiger partial charge on any atom is 0.340 e. The van der Waals surface area contributed by atoms with Crippen molar-refractivity contribution in [2.75, 3.05) is 0 Å². The summed E-state index contributed by atoms with van der Waals surface area (Å²) in [5, 5.41) is 11.1. The molecular weight excluding hydrogens is 370 g/mol. The molecule has 0 spiro atoms. The molecule has 2 heterocycles. The monoisotopic (exact) mass is 389 g/mol. The highest BCUT2D eigenvalue weighted by Crippen LogP contribution is 2.26. The van der Waals surface area contributed by atoms with Crippen molar-refractivity contribution in [2.45, 2.75) is 26.9 Å². The van der Waals surface area contributed by atoms with Crippen molar-refractivity contribution < 1.29 is 19.1 Å². The zero-order chi connectivity index (χ0) is 20.5. The van der Waals surface area contributed by atoms with Gasteiger partial charge in [0.05, 0.1) is 16.8 Å². The lowest BCUT2D eigenvalue weighted by molar-refractivity contribution is 0.0471. The van der Waals surface area contributed by atoms with E-state index >= 15 is 0 Å². The number of para-hydroxylation sites is 1. The Balaban J connectivity index is 1.70. The van der Waals surface area contributed by atoms with Crippen molar-refractivity contribution in [1.29, 1.82) is 0 Å². The fraction of sp³-hybridized carbons (Fsp3) is 0.174. The molecule has 6 heteroatoms. The summed E-state index contributed by atoms with van der Waals surface area (Å²) in [7, 11) is 0. The zero-order valence-corrected chi connectivity index (χ0v) is 16.1. The number of fused-ring (bicyclic) bond motifs is 2. The van der Waals surface area contributed by atoms with Gasteiger partial charge in [-0.3, -0.25) is 4.98 Å². The lowest BCUT2D eigenvalue weighted by atomic mass is 10.0. The van der Waals surface area contributed by atoms with E-state index in [1.54, 1.807) is 6.07 Å². The molecule has 2 aromatic heterocycles. The Morgan fingerprint density at radius 1 is 1.14 bits per heavy atom. The highest BCUT2D eigenvalue weighted by Gasteiger charge is 2.20. The third-order valence-electron chi connectivity index (χ3n) is 4.94. The maximum absolute atomic E-state index is 12.9.